The third kappa shape index (κ3) is 5.30. The van der Waals surface area contributed by atoms with Gasteiger partial charge in [0.1, 0.15) is 11.1 Å². The van der Waals surface area contributed by atoms with E-state index in [9.17, 15) is 29.0 Å². The molecule has 1 aliphatic heterocycles. The Balaban J connectivity index is 1.54. The molecule has 2 aliphatic rings. The molecule has 2 unspecified atom stereocenters. The van der Waals surface area contributed by atoms with Gasteiger partial charge in [-0.3, -0.25) is 14.9 Å². The summed E-state index contributed by atoms with van der Waals surface area (Å²) in [5.41, 5.74) is 0.649. The van der Waals surface area contributed by atoms with Gasteiger partial charge in [-0.1, -0.05) is 68.8 Å². The maximum Gasteiger partial charge on any atom is 0.310 e. The number of nitrogens with one attached hydrogen (secondary N) is 3. The molecule has 2 aromatic rings. The largest absolute Gasteiger partial charge is 0.347 e. The molecule has 11 heteroatoms. The van der Waals surface area contributed by atoms with Crippen LogP contribution in [0.2, 0.25) is 0 Å². The van der Waals surface area contributed by atoms with Crippen LogP contribution < -0.4 is 16.0 Å². The normalized spacial score (nSPS) is 25.2. The summed E-state index contributed by atoms with van der Waals surface area (Å²) < 4.78 is 65.4. The van der Waals surface area contributed by atoms with Crippen molar-refractivity contribution in [2.75, 3.05) is 0 Å². The highest BCUT2D eigenvalue weighted by molar-refractivity contribution is 8.45. The Hall–Kier alpha value is -2.66. The van der Waals surface area contributed by atoms with Crippen LogP contribution in [0.25, 0.3) is 0 Å². The van der Waals surface area contributed by atoms with E-state index in [-0.39, 0.29) is 12.3 Å². The van der Waals surface area contributed by atoms with Crippen molar-refractivity contribution >= 4 is 22.0 Å². The second-order valence-electron chi connectivity index (χ2n) is 8.97. The van der Waals surface area contributed by atoms with Crippen LogP contribution in [0.5, 0.6) is 0 Å². The van der Waals surface area contributed by atoms with Gasteiger partial charge in [-0.25, -0.2) is 0 Å². The van der Waals surface area contributed by atoms with Gasteiger partial charge in [0.05, 0.1) is 18.5 Å². The van der Waals surface area contributed by atoms with Gasteiger partial charge >= 0.3 is 10.2 Å². The maximum absolute atomic E-state index is 13.1. The van der Waals surface area contributed by atoms with E-state index in [0.717, 1.165) is 17.7 Å². The third-order valence-electron chi connectivity index (χ3n) is 6.19. The molecule has 33 heavy (non-hydrogen) atoms. The van der Waals surface area contributed by atoms with Crippen molar-refractivity contribution in [2.24, 2.45) is 5.41 Å². The zero-order valence-corrected chi connectivity index (χ0v) is 18.5. The standard InChI is InChI=1S/C22H24F5N3O2S/c1-22(11-12-22)19(14-7-9-16(10-8-14)33(23,24,25,26)27)30-21(32)17-13-18(31)29-20(28-17)15-5-3-2-4-6-15/h2-10,17,19-20,28H,11-13H2,1H3,(H,29,31)(H,30,32)/t17?,19-,20?/m0/s1. The average molecular weight is 490 g/mol. The van der Waals surface area contributed by atoms with Crippen LogP contribution in [-0.2, 0) is 9.59 Å². The molecule has 1 saturated heterocycles. The lowest BCUT2D eigenvalue weighted by atomic mass is 9.91. The van der Waals surface area contributed by atoms with E-state index in [4.69, 9.17) is 0 Å². The molecule has 3 atom stereocenters. The minimum Gasteiger partial charge on any atom is -0.347 e. The van der Waals surface area contributed by atoms with E-state index in [1.165, 1.54) is 0 Å². The quantitative estimate of drug-likeness (QED) is 0.471. The van der Waals surface area contributed by atoms with E-state index in [1.54, 1.807) is 24.3 Å². The first kappa shape index (κ1) is 23.5. The van der Waals surface area contributed by atoms with Gasteiger partial charge in [0.15, 0.2) is 0 Å². The lowest BCUT2D eigenvalue weighted by molar-refractivity contribution is -0.132. The van der Waals surface area contributed by atoms with Crippen LogP contribution in [0.4, 0.5) is 19.4 Å². The molecular weight excluding hydrogens is 465 g/mol. The highest BCUT2D eigenvalue weighted by atomic mass is 32.5. The molecule has 5 nitrogen and oxygen atoms in total. The molecule has 2 fully saturated rings. The van der Waals surface area contributed by atoms with Gasteiger partial charge < -0.3 is 10.6 Å². The molecule has 0 spiro atoms. The van der Waals surface area contributed by atoms with E-state index >= 15 is 0 Å². The summed E-state index contributed by atoms with van der Waals surface area (Å²) in [5.74, 6) is -0.808. The fourth-order valence-electron chi connectivity index (χ4n) is 4.01. The van der Waals surface area contributed by atoms with Gasteiger partial charge in [0.2, 0.25) is 11.8 Å². The van der Waals surface area contributed by atoms with Crippen molar-refractivity contribution in [2.45, 2.75) is 49.3 Å². The highest BCUT2D eigenvalue weighted by Crippen LogP contribution is 3.02. The lowest BCUT2D eigenvalue weighted by Crippen LogP contribution is -2.57. The average Bonchev–Trinajstić information content (AvgIpc) is 3.48. The number of carbonyl (C=O) groups excluding carboxylic acids is 2. The first-order chi connectivity index (χ1) is 15.1. The van der Waals surface area contributed by atoms with Gasteiger partial charge in [0, 0.05) is 0 Å². The topological polar surface area (TPSA) is 70.2 Å². The Labute approximate surface area is 187 Å². The summed E-state index contributed by atoms with van der Waals surface area (Å²) in [5, 5.41) is 8.68. The fraction of sp³-hybridized carbons (Fsp3) is 0.364. The SMILES string of the molecule is CC1([C@@H](NC(=O)C2CC(=O)NC(c3ccccc3)N2)c2ccc(S(F)(F)(F)(F)F)cc2)CC1. The first-order valence-corrected chi connectivity index (χ1v) is 12.3. The molecule has 0 aromatic heterocycles. The Bertz CT molecular complexity index is 1070. The number of hydrogen-bond acceptors (Lipinski definition) is 3. The molecular formula is C22H24F5N3O2S. The molecule has 0 bridgehead atoms. The third-order valence-corrected chi connectivity index (χ3v) is 7.36. The van der Waals surface area contributed by atoms with Crippen LogP contribution in [0, 0.1) is 5.41 Å². The van der Waals surface area contributed by atoms with Gasteiger partial charge in [-0.15, -0.1) is 0 Å². The summed E-state index contributed by atoms with van der Waals surface area (Å²) in [6.45, 7) is 1.87. The van der Waals surface area contributed by atoms with Crippen LogP contribution >= 0.6 is 10.2 Å². The van der Waals surface area contributed by atoms with Crippen molar-refractivity contribution < 1.29 is 29.0 Å². The molecule has 180 valence electrons. The Kier molecular flexibility index (Phi) is 5.10. The highest BCUT2D eigenvalue weighted by Gasteiger charge is 2.65. The minimum atomic E-state index is -9.78. The van der Waals surface area contributed by atoms with Gasteiger partial charge in [-0.2, -0.15) is 0 Å². The van der Waals surface area contributed by atoms with Crippen molar-refractivity contribution in [3.63, 3.8) is 0 Å². The molecule has 1 aliphatic carbocycles. The Morgan fingerprint density at radius 1 is 1.03 bits per heavy atom. The van der Waals surface area contributed by atoms with E-state index in [0.29, 0.717) is 30.5 Å². The first-order valence-electron chi connectivity index (χ1n) is 10.4. The lowest BCUT2D eigenvalue weighted by Gasteiger charge is -2.40. The zero-order valence-electron chi connectivity index (χ0n) is 17.7. The number of carbonyl (C=O) groups is 2. The predicted octanol–water partition coefficient (Wildman–Crippen LogP) is 5.48. The molecule has 1 saturated carbocycles. The number of amides is 2. The predicted molar refractivity (Wildman–Crippen MR) is 115 cm³/mol. The van der Waals surface area contributed by atoms with E-state index in [2.05, 4.69) is 16.0 Å². The van der Waals surface area contributed by atoms with E-state index in [1.807, 2.05) is 13.0 Å². The number of benzene rings is 2. The monoisotopic (exact) mass is 489 g/mol. The van der Waals surface area contributed by atoms with Crippen LogP contribution in [-0.4, -0.2) is 17.9 Å². The van der Waals surface area contributed by atoms with Crippen LogP contribution in [0.3, 0.4) is 0 Å². The van der Waals surface area contributed by atoms with Gasteiger partial charge in [0.25, 0.3) is 0 Å². The van der Waals surface area contributed by atoms with Crippen molar-refractivity contribution in [3.05, 3.63) is 65.7 Å². The smallest absolute Gasteiger partial charge is 0.310 e. The zero-order chi connectivity index (χ0) is 24.1. The Morgan fingerprint density at radius 2 is 1.64 bits per heavy atom. The molecule has 3 N–H and O–H groups in total. The van der Waals surface area contributed by atoms with E-state index < -0.39 is 44.7 Å². The second-order valence-corrected chi connectivity index (χ2v) is 11.4. The van der Waals surface area contributed by atoms with Crippen molar-refractivity contribution in [1.29, 1.82) is 0 Å². The maximum atomic E-state index is 13.1. The second kappa shape index (κ2) is 7.17. The number of hydrogen-bond donors (Lipinski definition) is 3. The molecule has 1 heterocycles. The van der Waals surface area contributed by atoms with Crippen LogP contribution in [0.1, 0.15) is 49.5 Å². The molecule has 0 radical (unpaired) electrons. The summed E-state index contributed by atoms with van der Waals surface area (Å²) in [4.78, 5) is 23.3. The summed E-state index contributed by atoms with van der Waals surface area (Å²) in [6, 6.07) is 10.2. The fourth-order valence-corrected chi connectivity index (χ4v) is 4.66. The minimum absolute atomic E-state index is 0.109. The summed E-state index contributed by atoms with van der Waals surface area (Å²) in [7, 11) is -9.78. The van der Waals surface area contributed by atoms with Gasteiger partial charge in [-0.05, 0) is 41.5 Å². The number of halogens is 5. The van der Waals surface area contributed by atoms with Crippen LogP contribution in [0.15, 0.2) is 59.5 Å². The molecule has 2 aromatic carbocycles. The summed E-state index contributed by atoms with van der Waals surface area (Å²) in [6.07, 6.45) is 0.746. The summed E-state index contributed by atoms with van der Waals surface area (Å²) >= 11 is 0. The van der Waals surface area contributed by atoms with Crippen molar-refractivity contribution in [3.8, 4) is 0 Å². The Morgan fingerprint density at radius 3 is 2.18 bits per heavy atom. The molecule has 2 amide bonds. The number of rotatable bonds is 6. The molecule has 4 rings (SSSR count). The van der Waals surface area contributed by atoms with Crippen molar-refractivity contribution in [1.82, 2.24) is 16.0 Å².